The fourth-order valence-corrected chi connectivity index (χ4v) is 13.4. The third kappa shape index (κ3) is 30.6. The van der Waals surface area contributed by atoms with E-state index in [0.29, 0.717) is 77.7 Å². The number of esters is 4. The molecular weight excluding hydrogens is 943 g/mol. The molecule has 4 saturated carbocycles. The molecular formula is C64H117NO10. The molecule has 0 aromatic carbocycles. The molecule has 0 heterocycles. The second kappa shape index (κ2) is 41.8. The Morgan fingerprint density at radius 2 is 0.707 bits per heavy atom. The van der Waals surface area contributed by atoms with Crippen LogP contribution in [0.25, 0.3) is 0 Å². The zero-order chi connectivity index (χ0) is 54.1. The fraction of sp³-hybridized carbons (Fsp3) is 0.938. The number of nitrogens with zero attached hydrogens (tertiary/aromatic N) is 1. The van der Waals surface area contributed by atoms with Crippen LogP contribution in [0.4, 0.5) is 0 Å². The molecule has 11 heteroatoms. The van der Waals surface area contributed by atoms with E-state index < -0.39 is 6.29 Å². The highest BCUT2D eigenvalue weighted by molar-refractivity contribution is 5.70. The Morgan fingerprint density at radius 3 is 1.11 bits per heavy atom. The SMILES string of the molecule is CCCCCCCCCCCCCC(=O)OCCCCC(=O)OCC12CC3CC(COC(=O)CCCN(CC)CC)(C1)CC(COC(=O)CCC(OCCCCCCCCCC)OCCCCCCCCCC)(C3)C2. The first-order valence-electron chi connectivity index (χ1n) is 32.1. The molecule has 0 saturated heterocycles. The average Bonchev–Trinajstić information content (AvgIpc) is 3.39. The minimum absolute atomic E-state index is 0.143. The van der Waals surface area contributed by atoms with E-state index in [1.807, 2.05) is 0 Å². The number of hydrogen-bond acceptors (Lipinski definition) is 11. The molecule has 0 aliphatic heterocycles. The Balaban J connectivity index is 1.51. The van der Waals surface area contributed by atoms with Gasteiger partial charge >= 0.3 is 23.9 Å². The molecule has 0 radical (unpaired) electrons. The molecule has 0 aromatic rings. The molecule has 0 amide bonds. The van der Waals surface area contributed by atoms with E-state index in [2.05, 4.69) is 39.5 Å². The summed E-state index contributed by atoms with van der Waals surface area (Å²) in [7, 11) is 0. The maximum Gasteiger partial charge on any atom is 0.305 e. The van der Waals surface area contributed by atoms with Gasteiger partial charge in [0.05, 0.1) is 32.8 Å². The highest BCUT2D eigenvalue weighted by Crippen LogP contribution is 2.70. The van der Waals surface area contributed by atoms with Crippen molar-refractivity contribution in [2.45, 2.75) is 304 Å². The van der Waals surface area contributed by atoms with Crippen molar-refractivity contribution < 1.29 is 47.6 Å². The number of rotatable bonds is 52. The van der Waals surface area contributed by atoms with Gasteiger partial charge in [-0.15, -0.1) is 0 Å². The Labute approximate surface area is 460 Å². The highest BCUT2D eigenvalue weighted by atomic mass is 16.7. The largest absolute Gasteiger partial charge is 0.466 e. The summed E-state index contributed by atoms with van der Waals surface area (Å²) < 4.78 is 36.6. The van der Waals surface area contributed by atoms with Gasteiger partial charge in [-0.2, -0.15) is 0 Å². The normalized spacial score (nSPS) is 20.8. The van der Waals surface area contributed by atoms with E-state index in [9.17, 15) is 19.2 Å². The predicted molar refractivity (Wildman–Crippen MR) is 304 cm³/mol. The van der Waals surface area contributed by atoms with Crippen LogP contribution in [0.2, 0.25) is 0 Å². The van der Waals surface area contributed by atoms with Crippen molar-refractivity contribution in [2.24, 2.45) is 22.2 Å². The van der Waals surface area contributed by atoms with E-state index >= 15 is 0 Å². The number of carbonyl (C=O) groups is 4. The molecule has 438 valence electrons. The summed E-state index contributed by atoms with van der Waals surface area (Å²) in [6, 6.07) is 0. The second-order valence-corrected chi connectivity index (χ2v) is 24.2. The summed E-state index contributed by atoms with van der Waals surface area (Å²) in [5, 5.41) is 0. The average molecular weight is 1060 g/mol. The van der Waals surface area contributed by atoms with Gasteiger partial charge in [-0.05, 0) is 103 Å². The lowest BCUT2D eigenvalue weighted by Gasteiger charge is -2.66. The maximum atomic E-state index is 13.7. The summed E-state index contributed by atoms with van der Waals surface area (Å²) >= 11 is 0. The summed E-state index contributed by atoms with van der Waals surface area (Å²) in [5.41, 5.74) is -0.784. The molecule has 4 bridgehead atoms. The monoisotopic (exact) mass is 1060 g/mol. The van der Waals surface area contributed by atoms with Gasteiger partial charge in [0.2, 0.25) is 0 Å². The Kier molecular flexibility index (Phi) is 37.3. The molecule has 75 heavy (non-hydrogen) atoms. The first-order valence-corrected chi connectivity index (χ1v) is 32.1. The summed E-state index contributed by atoms with van der Waals surface area (Å²) in [6.45, 7) is 16.5. The third-order valence-corrected chi connectivity index (χ3v) is 17.0. The molecule has 4 rings (SSSR count). The van der Waals surface area contributed by atoms with Gasteiger partial charge < -0.3 is 33.3 Å². The van der Waals surface area contributed by atoms with Crippen LogP contribution in [-0.2, 0) is 47.6 Å². The van der Waals surface area contributed by atoms with Crippen LogP contribution < -0.4 is 0 Å². The van der Waals surface area contributed by atoms with Crippen LogP contribution in [0.5, 0.6) is 0 Å². The molecule has 4 fully saturated rings. The molecule has 0 N–H and O–H groups in total. The van der Waals surface area contributed by atoms with Crippen molar-refractivity contribution >= 4 is 23.9 Å². The number of hydrogen-bond donors (Lipinski definition) is 0. The van der Waals surface area contributed by atoms with E-state index in [1.54, 1.807) is 0 Å². The van der Waals surface area contributed by atoms with Gasteiger partial charge in [0.25, 0.3) is 0 Å². The van der Waals surface area contributed by atoms with Gasteiger partial charge in [-0.1, -0.05) is 189 Å². The van der Waals surface area contributed by atoms with Crippen LogP contribution in [0.3, 0.4) is 0 Å². The lowest BCUT2D eigenvalue weighted by Crippen LogP contribution is -2.61. The van der Waals surface area contributed by atoms with E-state index in [1.165, 1.54) is 135 Å². The van der Waals surface area contributed by atoms with Gasteiger partial charge in [-0.25, -0.2) is 0 Å². The van der Waals surface area contributed by atoms with E-state index in [0.717, 1.165) is 103 Å². The fourth-order valence-electron chi connectivity index (χ4n) is 13.4. The topological polar surface area (TPSA) is 127 Å². The van der Waals surface area contributed by atoms with Crippen molar-refractivity contribution in [1.29, 1.82) is 0 Å². The summed E-state index contributed by atoms with van der Waals surface area (Å²) in [4.78, 5) is 54.9. The third-order valence-electron chi connectivity index (χ3n) is 17.0. The molecule has 4 unspecified atom stereocenters. The zero-order valence-electron chi connectivity index (χ0n) is 49.5. The minimum Gasteiger partial charge on any atom is -0.466 e. The Hall–Kier alpha value is -2.24. The van der Waals surface area contributed by atoms with Gasteiger partial charge in [-0.3, -0.25) is 19.2 Å². The van der Waals surface area contributed by atoms with Crippen LogP contribution in [0.1, 0.15) is 298 Å². The van der Waals surface area contributed by atoms with E-state index in [-0.39, 0.29) is 53.0 Å². The first-order chi connectivity index (χ1) is 36.5. The van der Waals surface area contributed by atoms with Gasteiger partial charge in [0, 0.05) is 55.1 Å². The summed E-state index contributed by atoms with van der Waals surface area (Å²) in [6.07, 6.45) is 42.3. The summed E-state index contributed by atoms with van der Waals surface area (Å²) in [5.74, 6) is -0.372. The molecule has 4 aliphatic carbocycles. The van der Waals surface area contributed by atoms with Crippen molar-refractivity contribution in [3.63, 3.8) is 0 Å². The van der Waals surface area contributed by atoms with Crippen LogP contribution in [-0.4, -0.2) is 94.3 Å². The van der Waals surface area contributed by atoms with Crippen LogP contribution >= 0.6 is 0 Å². The first kappa shape index (κ1) is 67.0. The van der Waals surface area contributed by atoms with Crippen molar-refractivity contribution in [2.75, 3.05) is 59.3 Å². The van der Waals surface area contributed by atoms with Gasteiger partial charge in [0.15, 0.2) is 6.29 Å². The molecule has 4 atom stereocenters. The van der Waals surface area contributed by atoms with Crippen LogP contribution in [0, 0.1) is 22.2 Å². The zero-order valence-corrected chi connectivity index (χ0v) is 49.5. The predicted octanol–water partition coefficient (Wildman–Crippen LogP) is 16.5. The maximum absolute atomic E-state index is 13.7. The Bertz CT molecular complexity index is 1450. The number of ether oxygens (including phenoxy) is 6. The highest BCUT2D eigenvalue weighted by Gasteiger charge is 2.64. The Morgan fingerprint density at radius 1 is 0.387 bits per heavy atom. The van der Waals surface area contributed by atoms with E-state index in [4.69, 9.17) is 28.4 Å². The molecule has 0 aromatic heterocycles. The van der Waals surface area contributed by atoms with Crippen molar-refractivity contribution in [3.8, 4) is 0 Å². The van der Waals surface area contributed by atoms with Crippen LogP contribution in [0.15, 0.2) is 0 Å². The molecule has 11 nitrogen and oxygen atoms in total. The number of unbranched alkanes of at least 4 members (excludes halogenated alkanes) is 25. The lowest BCUT2D eigenvalue weighted by atomic mass is 9.40. The lowest BCUT2D eigenvalue weighted by molar-refractivity contribution is -0.213. The standard InChI is InChI=1S/C64H117NO10/c1-6-11-14-17-20-23-24-25-26-29-32-38-57(66)70-44-36-33-39-58(67)73-53-62-47-56-48-63(50-62,54-74-59(68)40-37-43-65(9-4)10-5)52-64(49-56,51-62)55-75-60(69)41-42-61(71-45-34-30-27-21-18-15-12-7-2)72-46-35-31-28-22-19-16-13-8-3/h56,61H,6-55H2,1-5H3. The van der Waals surface area contributed by atoms with Crippen molar-refractivity contribution in [1.82, 2.24) is 4.90 Å². The molecule has 0 spiro atoms. The molecule has 4 aliphatic rings. The number of carbonyl (C=O) groups excluding carboxylic acids is 4. The minimum atomic E-state index is -0.423. The smallest absolute Gasteiger partial charge is 0.305 e. The van der Waals surface area contributed by atoms with Gasteiger partial charge in [0.1, 0.15) is 0 Å². The quantitative estimate of drug-likeness (QED) is 0.0250. The van der Waals surface area contributed by atoms with Crippen molar-refractivity contribution in [3.05, 3.63) is 0 Å². The second-order valence-electron chi connectivity index (χ2n) is 24.2.